The monoisotopic (exact) mass is 746 g/mol. The fourth-order valence-corrected chi connectivity index (χ4v) is 6.86. The van der Waals surface area contributed by atoms with Gasteiger partial charge in [-0.3, -0.25) is 19.2 Å². The van der Waals surface area contributed by atoms with E-state index in [4.69, 9.17) is 5.73 Å². The van der Waals surface area contributed by atoms with Gasteiger partial charge in [0, 0.05) is 56.1 Å². The normalized spacial score (nSPS) is 12.9. The van der Waals surface area contributed by atoms with Crippen LogP contribution in [0.4, 0.5) is 8.78 Å². The quantitative estimate of drug-likeness (QED) is 0.123. The number of carbonyl (C=O) groups is 4. The van der Waals surface area contributed by atoms with Crippen LogP contribution in [0.2, 0.25) is 0 Å². The number of aliphatic hydroxyl groups excluding tert-OH is 1. The molecule has 3 rings (SSSR count). The second-order valence-corrected chi connectivity index (χ2v) is 15.8. The Balaban J connectivity index is 1.85. The van der Waals surface area contributed by atoms with Crippen molar-refractivity contribution in [3.8, 4) is 11.1 Å². The standard InChI is InChI=1S/C36H48F2N6O7S/c1-24(46)42-20-32(47)41-14-17-52(50,51)16-13-40-30(35(39)49)12-15-44(33(48)23-45)34(36(2,3)4)31-18-26(28-19-27(37)10-11-29(28)38)22-43(31)21-25-8-6-5-7-9-25/h5-11,18-19,22,30,34,40,45H,12-17,20-21,23H2,1-4H3,(H2,39,49)(H,41,47)(H,42,46)/t30-,34-/m0/s1. The molecule has 0 aliphatic rings. The highest BCUT2D eigenvalue weighted by Gasteiger charge is 2.37. The summed E-state index contributed by atoms with van der Waals surface area (Å²) in [7, 11) is -3.67. The lowest BCUT2D eigenvalue weighted by molar-refractivity contribution is -0.140. The second kappa shape index (κ2) is 18.7. The summed E-state index contributed by atoms with van der Waals surface area (Å²) in [5.41, 5.74) is 6.84. The average molecular weight is 747 g/mol. The first kappa shape index (κ1) is 41.7. The summed E-state index contributed by atoms with van der Waals surface area (Å²) in [6.45, 7) is 5.66. The Bertz CT molecular complexity index is 1810. The number of hydrogen-bond donors (Lipinski definition) is 5. The molecular formula is C36H48F2N6O7S. The molecule has 0 radical (unpaired) electrons. The van der Waals surface area contributed by atoms with Crippen molar-refractivity contribution in [1.82, 2.24) is 25.4 Å². The van der Waals surface area contributed by atoms with Crippen LogP contribution in [0.5, 0.6) is 0 Å². The lowest BCUT2D eigenvalue weighted by Gasteiger charge is -2.41. The summed E-state index contributed by atoms with van der Waals surface area (Å²) in [5.74, 6) is -4.41. The molecule has 1 aromatic heterocycles. The molecular weight excluding hydrogens is 698 g/mol. The summed E-state index contributed by atoms with van der Waals surface area (Å²) in [5, 5.41) is 17.6. The number of nitrogens with one attached hydrogen (secondary N) is 3. The van der Waals surface area contributed by atoms with Crippen LogP contribution in [0.15, 0.2) is 60.8 Å². The van der Waals surface area contributed by atoms with E-state index < -0.39 is 69.2 Å². The van der Waals surface area contributed by atoms with Gasteiger partial charge in [-0.25, -0.2) is 17.2 Å². The molecule has 3 aromatic rings. The third-order valence-corrected chi connectivity index (χ3v) is 9.92. The molecule has 0 unspecified atom stereocenters. The Morgan fingerprint density at radius 3 is 2.27 bits per heavy atom. The van der Waals surface area contributed by atoms with Gasteiger partial charge in [0.05, 0.1) is 30.1 Å². The van der Waals surface area contributed by atoms with Gasteiger partial charge in [0.1, 0.15) is 18.2 Å². The van der Waals surface area contributed by atoms with E-state index in [2.05, 4.69) is 16.0 Å². The van der Waals surface area contributed by atoms with Gasteiger partial charge in [0.15, 0.2) is 9.84 Å². The molecule has 2 atom stereocenters. The zero-order chi connectivity index (χ0) is 38.6. The van der Waals surface area contributed by atoms with Crippen molar-refractivity contribution < 1.29 is 41.5 Å². The number of nitrogens with zero attached hydrogens (tertiary/aromatic N) is 2. The van der Waals surface area contributed by atoms with Gasteiger partial charge in [-0.05, 0) is 41.7 Å². The summed E-state index contributed by atoms with van der Waals surface area (Å²) in [6.07, 6.45) is 1.64. The molecule has 0 saturated heterocycles. The molecule has 13 nitrogen and oxygen atoms in total. The summed E-state index contributed by atoms with van der Waals surface area (Å²) in [6, 6.07) is 12.4. The van der Waals surface area contributed by atoms with Crippen LogP contribution in [0.1, 0.15) is 51.4 Å². The number of sulfone groups is 1. The Morgan fingerprint density at radius 1 is 0.981 bits per heavy atom. The van der Waals surface area contributed by atoms with Gasteiger partial charge in [-0.2, -0.15) is 0 Å². The molecule has 4 amide bonds. The fourth-order valence-electron chi connectivity index (χ4n) is 5.82. The Hall–Kier alpha value is -4.67. The van der Waals surface area contributed by atoms with E-state index in [1.54, 1.807) is 12.3 Å². The largest absolute Gasteiger partial charge is 0.387 e. The van der Waals surface area contributed by atoms with Crippen LogP contribution in [-0.2, 0) is 35.6 Å². The van der Waals surface area contributed by atoms with Crippen molar-refractivity contribution in [1.29, 1.82) is 0 Å². The fraction of sp³-hybridized carbons (Fsp3) is 0.444. The molecule has 6 N–H and O–H groups in total. The highest BCUT2D eigenvalue weighted by molar-refractivity contribution is 7.91. The van der Waals surface area contributed by atoms with E-state index in [0.717, 1.165) is 23.8 Å². The highest BCUT2D eigenvalue weighted by Crippen LogP contribution is 2.41. The molecule has 16 heteroatoms. The van der Waals surface area contributed by atoms with E-state index >= 15 is 4.39 Å². The van der Waals surface area contributed by atoms with E-state index in [9.17, 15) is 37.1 Å². The number of hydrogen-bond acceptors (Lipinski definition) is 8. The van der Waals surface area contributed by atoms with Gasteiger partial charge in [-0.1, -0.05) is 51.1 Å². The number of nitrogens with two attached hydrogens (primary N) is 1. The number of amides is 4. The number of aromatic nitrogens is 1. The van der Waals surface area contributed by atoms with Crippen molar-refractivity contribution in [3.05, 3.63) is 83.7 Å². The number of rotatable bonds is 19. The maximum atomic E-state index is 15.0. The predicted molar refractivity (Wildman–Crippen MR) is 192 cm³/mol. The first-order chi connectivity index (χ1) is 24.4. The highest BCUT2D eigenvalue weighted by atomic mass is 32.2. The number of aliphatic hydroxyl groups is 1. The topological polar surface area (TPSA) is 193 Å². The van der Waals surface area contributed by atoms with Crippen LogP contribution in [0.25, 0.3) is 11.1 Å². The van der Waals surface area contributed by atoms with Gasteiger partial charge in [0.2, 0.25) is 23.6 Å². The van der Waals surface area contributed by atoms with Crippen molar-refractivity contribution in [2.75, 3.05) is 44.3 Å². The number of benzene rings is 2. The van der Waals surface area contributed by atoms with E-state index in [1.165, 1.54) is 11.8 Å². The Labute approximate surface area is 302 Å². The van der Waals surface area contributed by atoms with Gasteiger partial charge >= 0.3 is 0 Å². The summed E-state index contributed by atoms with van der Waals surface area (Å²) in [4.78, 5) is 50.0. The van der Waals surface area contributed by atoms with Crippen molar-refractivity contribution in [3.63, 3.8) is 0 Å². The van der Waals surface area contributed by atoms with Gasteiger partial charge in [-0.15, -0.1) is 0 Å². The molecule has 0 saturated carbocycles. The van der Waals surface area contributed by atoms with Crippen molar-refractivity contribution >= 4 is 33.5 Å². The third-order valence-electron chi connectivity index (χ3n) is 8.27. The Kier molecular flexibility index (Phi) is 15.0. The number of primary amides is 1. The SMILES string of the molecule is CC(=O)NCC(=O)NCCS(=O)(=O)CCN[C@@H](CCN(C(=O)CO)[C@@H](c1cc(-c2cc(F)ccc2F)cn1Cc1ccccc1)C(C)(C)C)C(N)=O. The summed E-state index contributed by atoms with van der Waals surface area (Å²) < 4.78 is 56.3. The minimum atomic E-state index is -3.67. The molecule has 284 valence electrons. The van der Waals surface area contributed by atoms with E-state index in [1.807, 2.05) is 55.7 Å². The van der Waals surface area contributed by atoms with Crippen LogP contribution >= 0.6 is 0 Å². The van der Waals surface area contributed by atoms with Gasteiger partial charge in [0.25, 0.3) is 0 Å². The summed E-state index contributed by atoms with van der Waals surface area (Å²) >= 11 is 0. The lowest BCUT2D eigenvalue weighted by atomic mass is 9.82. The zero-order valence-corrected chi connectivity index (χ0v) is 30.6. The lowest BCUT2D eigenvalue weighted by Crippen LogP contribution is -2.48. The first-order valence-corrected chi connectivity index (χ1v) is 18.6. The average Bonchev–Trinajstić information content (AvgIpc) is 3.47. The van der Waals surface area contributed by atoms with Crippen molar-refractivity contribution in [2.45, 2.75) is 52.7 Å². The first-order valence-electron chi connectivity index (χ1n) is 16.8. The molecule has 52 heavy (non-hydrogen) atoms. The van der Waals surface area contributed by atoms with E-state index in [-0.39, 0.29) is 49.7 Å². The maximum absolute atomic E-state index is 15.0. The molecule has 0 spiro atoms. The van der Waals surface area contributed by atoms with Crippen molar-refractivity contribution in [2.24, 2.45) is 11.1 Å². The van der Waals surface area contributed by atoms with Gasteiger partial charge < -0.3 is 36.3 Å². The maximum Gasteiger partial charge on any atom is 0.248 e. The van der Waals surface area contributed by atoms with Crippen LogP contribution < -0.4 is 21.7 Å². The molecule has 1 heterocycles. The molecule has 0 fully saturated rings. The smallest absolute Gasteiger partial charge is 0.248 e. The predicted octanol–water partition coefficient (Wildman–Crippen LogP) is 1.89. The second-order valence-electron chi connectivity index (χ2n) is 13.5. The molecule has 0 aliphatic heterocycles. The molecule has 0 aliphatic carbocycles. The van der Waals surface area contributed by atoms with Crippen LogP contribution in [0.3, 0.4) is 0 Å². The van der Waals surface area contributed by atoms with Crippen LogP contribution in [0, 0.1) is 17.0 Å². The number of halogens is 2. The van der Waals surface area contributed by atoms with Crippen LogP contribution in [-0.4, -0.2) is 97.0 Å². The minimum absolute atomic E-state index is 0.0288. The molecule has 0 bridgehead atoms. The number of carbonyl (C=O) groups excluding carboxylic acids is 4. The minimum Gasteiger partial charge on any atom is -0.387 e. The third kappa shape index (κ3) is 12.5. The zero-order valence-electron chi connectivity index (χ0n) is 29.8. The van der Waals surface area contributed by atoms with E-state index in [0.29, 0.717) is 17.8 Å². The molecule has 2 aromatic carbocycles. The Morgan fingerprint density at radius 2 is 1.65 bits per heavy atom.